The number of imide groups is 1. The fraction of sp³-hybridized carbons (Fsp3) is 0.706. The van der Waals surface area contributed by atoms with E-state index < -0.39 is 65.8 Å². The molecule has 1 fully saturated rings. The molecule has 0 aliphatic carbocycles. The SMILES string of the molecule is CC[C@@H](C)[C@@H]1NC(=O)[C@@H]2CCCN2C(=O)CCCCC/C=C/C[C@@H](C(=O)NC(=O)N[C@@H](CCCN=C(N)N)C(=O)N[C@H](C(N)=O)C(C)C)NC1=O. The van der Waals surface area contributed by atoms with Gasteiger partial charge in [-0.25, -0.2) is 4.79 Å². The standard InChI is InChI=1S/C34H58N10O7/c1-5-21(4)27-32(50)39-22(14-10-8-6-7-9-11-17-25(45)44-19-13-16-24(44)31(49)42-27)30(48)43-34(51)40-23(15-12-18-38-33(36)37)29(47)41-26(20(2)3)28(35)46/h8,10,20-24,26-27H,5-7,9,11-19H2,1-4H3,(H2,35,46)(H,39,50)(H,41,47)(H,42,49)(H4,36,37,38)(H2,40,43,48,51)/b10-8+/t21-,22+,23+,24+,26+,27+/m1/s1. The van der Waals surface area contributed by atoms with Gasteiger partial charge in [-0.05, 0) is 63.2 Å². The lowest BCUT2D eigenvalue weighted by Crippen LogP contribution is -2.60. The molecule has 1 saturated heterocycles. The first-order valence-corrected chi connectivity index (χ1v) is 18.0. The maximum absolute atomic E-state index is 13.7. The first-order valence-electron chi connectivity index (χ1n) is 18.0. The number of carbonyl (C=O) groups excluding carboxylic acids is 7. The molecule has 0 saturated carbocycles. The minimum Gasteiger partial charge on any atom is -0.370 e. The number of carbonyl (C=O) groups is 7. The molecule has 51 heavy (non-hydrogen) atoms. The molecule has 2 rings (SSSR count). The first kappa shape index (κ1) is 42.5. The summed E-state index contributed by atoms with van der Waals surface area (Å²) < 4.78 is 0. The Kier molecular flexibility index (Phi) is 17.9. The molecule has 17 nitrogen and oxygen atoms in total. The van der Waals surface area contributed by atoms with Crippen LogP contribution in [0.15, 0.2) is 17.1 Å². The van der Waals surface area contributed by atoms with Gasteiger partial charge in [-0.1, -0.05) is 52.7 Å². The normalized spacial score (nSPS) is 23.0. The fourth-order valence-corrected chi connectivity index (χ4v) is 5.98. The summed E-state index contributed by atoms with van der Waals surface area (Å²) in [4.78, 5) is 97.4. The van der Waals surface area contributed by atoms with Crippen LogP contribution in [0.4, 0.5) is 4.79 Å². The Hall–Kier alpha value is -4.70. The van der Waals surface area contributed by atoms with Crippen LogP contribution in [0.2, 0.25) is 0 Å². The minimum absolute atomic E-state index is 0.0397. The van der Waals surface area contributed by atoms with E-state index in [-0.39, 0.29) is 49.5 Å². The highest BCUT2D eigenvalue weighted by molar-refractivity contribution is 6.01. The number of hydrogen-bond donors (Lipinski definition) is 8. The number of aliphatic imine (C=N–C) groups is 1. The lowest BCUT2D eigenvalue weighted by Gasteiger charge is -2.29. The molecule has 0 bridgehead atoms. The number of primary amides is 1. The van der Waals surface area contributed by atoms with Crippen LogP contribution >= 0.6 is 0 Å². The molecule has 0 aromatic carbocycles. The van der Waals surface area contributed by atoms with Gasteiger partial charge in [0.1, 0.15) is 30.2 Å². The van der Waals surface area contributed by atoms with Crippen LogP contribution in [0.25, 0.3) is 0 Å². The van der Waals surface area contributed by atoms with Crippen LogP contribution in [-0.2, 0) is 28.8 Å². The first-order chi connectivity index (χ1) is 24.2. The van der Waals surface area contributed by atoms with E-state index in [1.54, 1.807) is 31.7 Å². The lowest BCUT2D eigenvalue weighted by atomic mass is 9.97. The van der Waals surface area contributed by atoms with E-state index in [1.807, 2.05) is 13.0 Å². The second-order valence-corrected chi connectivity index (χ2v) is 13.6. The summed E-state index contributed by atoms with van der Waals surface area (Å²) in [6.45, 7) is 7.69. The summed E-state index contributed by atoms with van der Waals surface area (Å²) in [5.74, 6) is -4.22. The highest BCUT2D eigenvalue weighted by Gasteiger charge is 2.37. The molecule has 2 heterocycles. The quantitative estimate of drug-likeness (QED) is 0.0572. The summed E-state index contributed by atoms with van der Waals surface area (Å²) in [6, 6.07) is -6.12. The summed E-state index contributed by atoms with van der Waals surface area (Å²) in [5.41, 5.74) is 16.2. The van der Waals surface area contributed by atoms with Crippen molar-refractivity contribution in [1.82, 2.24) is 31.5 Å². The van der Waals surface area contributed by atoms with Gasteiger partial charge in [-0.2, -0.15) is 0 Å². The summed E-state index contributed by atoms with van der Waals surface area (Å²) in [7, 11) is 0. The Morgan fingerprint density at radius 3 is 2.33 bits per heavy atom. The van der Waals surface area contributed by atoms with Gasteiger partial charge in [-0.15, -0.1) is 0 Å². The van der Waals surface area contributed by atoms with Crippen molar-refractivity contribution in [3.63, 3.8) is 0 Å². The van der Waals surface area contributed by atoms with E-state index in [4.69, 9.17) is 17.2 Å². The molecule has 2 aliphatic heterocycles. The van der Waals surface area contributed by atoms with Crippen molar-refractivity contribution < 1.29 is 33.6 Å². The Labute approximate surface area is 300 Å². The lowest BCUT2D eigenvalue weighted by molar-refractivity contribution is -0.140. The monoisotopic (exact) mass is 718 g/mol. The van der Waals surface area contributed by atoms with E-state index >= 15 is 0 Å². The maximum Gasteiger partial charge on any atom is 0.322 e. The summed E-state index contributed by atoms with van der Waals surface area (Å²) in [5, 5.41) is 12.8. The second-order valence-electron chi connectivity index (χ2n) is 13.6. The number of urea groups is 1. The van der Waals surface area contributed by atoms with Gasteiger partial charge in [-0.3, -0.25) is 39.1 Å². The third kappa shape index (κ3) is 14.2. The van der Waals surface area contributed by atoms with Gasteiger partial charge >= 0.3 is 6.03 Å². The van der Waals surface area contributed by atoms with Crippen LogP contribution in [0.3, 0.4) is 0 Å². The number of amides is 8. The van der Waals surface area contributed by atoms with Crippen molar-refractivity contribution in [1.29, 1.82) is 0 Å². The number of guanidine groups is 1. The van der Waals surface area contributed by atoms with Crippen molar-refractivity contribution in [3.8, 4) is 0 Å². The zero-order valence-electron chi connectivity index (χ0n) is 30.4. The average Bonchev–Trinajstić information content (AvgIpc) is 3.57. The van der Waals surface area contributed by atoms with Crippen molar-refractivity contribution in [2.75, 3.05) is 13.1 Å². The molecule has 286 valence electrons. The number of nitrogens with two attached hydrogens (primary N) is 3. The fourth-order valence-electron chi connectivity index (χ4n) is 5.98. The molecule has 0 unspecified atom stereocenters. The van der Waals surface area contributed by atoms with Crippen LogP contribution in [0.5, 0.6) is 0 Å². The highest BCUT2D eigenvalue weighted by Crippen LogP contribution is 2.21. The minimum atomic E-state index is -1.21. The highest BCUT2D eigenvalue weighted by atomic mass is 16.2. The number of nitrogens with zero attached hydrogens (tertiary/aromatic N) is 2. The number of fused-ring (bicyclic) bond motifs is 1. The molecule has 0 radical (unpaired) electrons. The number of rotatable bonds is 12. The predicted octanol–water partition coefficient (Wildman–Crippen LogP) is -0.222. The summed E-state index contributed by atoms with van der Waals surface area (Å²) in [6.07, 6.45) is 8.98. The third-order valence-electron chi connectivity index (χ3n) is 9.18. The van der Waals surface area contributed by atoms with Crippen LogP contribution < -0.4 is 43.8 Å². The van der Waals surface area contributed by atoms with Gasteiger partial charge < -0.3 is 43.4 Å². The molecule has 0 aromatic heterocycles. The predicted molar refractivity (Wildman–Crippen MR) is 191 cm³/mol. The largest absolute Gasteiger partial charge is 0.370 e. The molecule has 0 aromatic rings. The van der Waals surface area contributed by atoms with Crippen LogP contribution in [0, 0.1) is 11.8 Å². The van der Waals surface area contributed by atoms with E-state index in [2.05, 4.69) is 31.6 Å². The van der Waals surface area contributed by atoms with Crippen molar-refractivity contribution in [3.05, 3.63) is 12.2 Å². The Morgan fingerprint density at radius 1 is 0.961 bits per heavy atom. The van der Waals surface area contributed by atoms with Gasteiger partial charge in [0.25, 0.3) is 5.91 Å². The van der Waals surface area contributed by atoms with Crippen LogP contribution in [-0.4, -0.2) is 95.6 Å². The molecular weight excluding hydrogens is 660 g/mol. The average molecular weight is 719 g/mol. The van der Waals surface area contributed by atoms with E-state index in [0.717, 1.165) is 12.8 Å². The van der Waals surface area contributed by atoms with Gasteiger partial charge in [0, 0.05) is 19.5 Å². The van der Waals surface area contributed by atoms with Crippen LogP contribution in [0.1, 0.15) is 98.3 Å². The second kappa shape index (κ2) is 21.5. The van der Waals surface area contributed by atoms with E-state index in [9.17, 15) is 33.6 Å². The molecule has 8 amide bonds. The van der Waals surface area contributed by atoms with Gasteiger partial charge in [0.05, 0.1) is 0 Å². The number of nitrogens with one attached hydrogen (secondary N) is 5. The smallest absolute Gasteiger partial charge is 0.322 e. The number of hydrogen-bond acceptors (Lipinski definition) is 8. The number of allylic oxidation sites excluding steroid dienone is 1. The Balaban J connectivity index is 2.27. The molecule has 11 N–H and O–H groups in total. The topological polar surface area (TPSA) is 273 Å². The molecule has 2 aliphatic rings. The van der Waals surface area contributed by atoms with E-state index in [0.29, 0.717) is 45.1 Å². The summed E-state index contributed by atoms with van der Waals surface area (Å²) >= 11 is 0. The zero-order valence-corrected chi connectivity index (χ0v) is 30.4. The molecule has 0 spiro atoms. The van der Waals surface area contributed by atoms with Gasteiger partial charge in [0.2, 0.25) is 29.5 Å². The molecule has 17 heteroatoms. The van der Waals surface area contributed by atoms with E-state index in [1.165, 1.54) is 0 Å². The zero-order chi connectivity index (χ0) is 38.1. The van der Waals surface area contributed by atoms with Gasteiger partial charge in [0.15, 0.2) is 5.96 Å². The molecule has 6 atom stereocenters. The third-order valence-corrected chi connectivity index (χ3v) is 9.18. The van der Waals surface area contributed by atoms with Crippen molar-refractivity contribution in [2.24, 2.45) is 34.0 Å². The van der Waals surface area contributed by atoms with Crippen molar-refractivity contribution >= 4 is 47.4 Å². The van der Waals surface area contributed by atoms with Crippen molar-refractivity contribution in [2.45, 2.75) is 129 Å². The maximum atomic E-state index is 13.7. The Morgan fingerprint density at radius 2 is 1.69 bits per heavy atom. The Bertz CT molecular complexity index is 1300. The molecular formula is C34H58N10O7.